The number of aliphatic hydroxyl groups excluding tert-OH is 1. The van der Waals surface area contributed by atoms with E-state index in [4.69, 9.17) is 37.0 Å². The summed E-state index contributed by atoms with van der Waals surface area (Å²) in [4.78, 5) is 73.2. The van der Waals surface area contributed by atoms with Gasteiger partial charge in [-0.1, -0.05) is 395 Å². The average Bonchev–Trinajstić information content (AvgIpc) is 0.903. The number of ether oxygens (including phenoxy) is 4. The summed E-state index contributed by atoms with van der Waals surface area (Å²) in [5.41, 5.74) is 0. The zero-order chi connectivity index (χ0) is 76.5. The zero-order valence-electron chi connectivity index (χ0n) is 68.5. The number of phosphoric acid groups is 2. The lowest BCUT2D eigenvalue weighted by Crippen LogP contribution is -2.30. The molecular weight excluding hydrogens is 1350 g/mol. The highest BCUT2D eigenvalue weighted by molar-refractivity contribution is 7.47. The SMILES string of the molecule is CCCCCCCCCCCCCCCCCCCCC(=O)OC[C@H](COP(=O)(O)OC[C@@H](O)COP(=O)(O)OC[C@@H](COC(=O)CCCCCCCCCCCC(C)C)OC(=O)CCCCCCCCCCCCC(C)C)OC(=O)CCCCCCCCCCCCCCCCCCCCC(C)C. The van der Waals surface area contributed by atoms with Gasteiger partial charge in [0.15, 0.2) is 12.2 Å². The number of hydrogen-bond acceptors (Lipinski definition) is 15. The van der Waals surface area contributed by atoms with Gasteiger partial charge in [-0.15, -0.1) is 0 Å². The van der Waals surface area contributed by atoms with Gasteiger partial charge in [0.25, 0.3) is 0 Å². The molecule has 0 aromatic heterocycles. The van der Waals surface area contributed by atoms with Crippen molar-refractivity contribution in [2.45, 2.75) is 465 Å². The van der Waals surface area contributed by atoms with Crippen LogP contribution in [0.4, 0.5) is 0 Å². The molecule has 17 nitrogen and oxygen atoms in total. The number of hydrogen-bond donors (Lipinski definition) is 3. The summed E-state index contributed by atoms with van der Waals surface area (Å²) < 4.78 is 68.9. The Bertz CT molecular complexity index is 2010. The van der Waals surface area contributed by atoms with Gasteiger partial charge in [0, 0.05) is 25.7 Å². The minimum atomic E-state index is -4.97. The summed E-state index contributed by atoms with van der Waals surface area (Å²) in [7, 11) is -9.93. The van der Waals surface area contributed by atoms with Crippen LogP contribution in [0.1, 0.15) is 447 Å². The van der Waals surface area contributed by atoms with E-state index in [2.05, 4.69) is 48.5 Å². The molecule has 0 aromatic carbocycles. The van der Waals surface area contributed by atoms with Crippen LogP contribution in [-0.2, 0) is 65.4 Å². The molecule has 0 bridgehead atoms. The van der Waals surface area contributed by atoms with Crippen molar-refractivity contribution in [1.82, 2.24) is 0 Å². The second-order valence-corrected chi connectivity index (χ2v) is 34.9. The second-order valence-electron chi connectivity index (χ2n) is 32.0. The van der Waals surface area contributed by atoms with E-state index in [1.54, 1.807) is 0 Å². The van der Waals surface area contributed by atoms with Gasteiger partial charge in [0.05, 0.1) is 26.4 Å². The van der Waals surface area contributed by atoms with Gasteiger partial charge in [-0.05, 0) is 43.4 Å². The number of phosphoric ester groups is 2. The molecule has 0 heterocycles. The monoisotopic (exact) mass is 1520 g/mol. The molecule has 104 heavy (non-hydrogen) atoms. The Kier molecular flexibility index (Phi) is 73.7. The quantitative estimate of drug-likeness (QED) is 0.0222. The maximum Gasteiger partial charge on any atom is 0.472 e. The Labute approximate surface area is 638 Å². The van der Waals surface area contributed by atoms with Crippen molar-refractivity contribution in [1.29, 1.82) is 0 Å². The van der Waals surface area contributed by atoms with Gasteiger partial charge in [-0.2, -0.15) is 0 Å². The van der Waals surface area contributed by atoms with Crippen molar-refractivity contribution in [3.63, 3.8) is 0 Å². The minimum absolute atomic E-state index is 0.106. The number of carbonyl (C=O) groups excluding carboxylic acids is 4. The predicted molar refractivity (Wildman–Crippen MR) is 428 cm³/mol. The third-order valence-corrected chi connectivity index (χ3v) is 21.8. The molecule has 0 fully saturated rings. The van der Waals surface area contributed by atoms with Crippen LogP contribution in [-0.4, -0.2) is 96.7 Å². The van der Waals surface area contributed by atoms with E-state index >= 15 is 0 Å². The smallest absolute Gasteiger partial charge is 0.462 e. The molecule has 3 N–H and O–H groups in total. The van der Waals surface area contributed by atoms with Gasteiger partial charge in [0.1, 0.15) is 19.3 Å². The van der Waals surface area contributed by atoms with Crippen LogP contribution in [0.3, 0.4) is 0 Å². The third-order valence-electron chi connectivity index (χ3n) is 19.9. The summed E-state index contributed by atoms with van der Waals surface area (Å²) >= 11 is 0. The van der Waals surface area contributed by atoms with Crippen molar-refractivity contribution in [3.8, 4) is 0 Å². The zero-order valence-corrected chi connectivity index (χ0v) is 70.3. The normalized spacial score (nSPS) is 13.9. The number of unbranched alkanes of at least 4 members (excludes halogenated alkanes) is 51. The summed E-state index contributed by atoms with van der Waals surface area (Å²) in [5, 5.41) is 10.7. The van der Waals surface area contributed by atoms with E-state index in [1.165, 1.54) is 257 Å². The van der Waals surface area contributed by atoms with E-state index in [9.17, 15) is 43.2 Å². The fourth-order valence-electron chi connectivity index (χ4n) is 13.2. The molecule has 0 aliphatic carbocycles. The molecule has 0 rings (SSSR count). The van der Waals surface area contributed by atoms with E-state index in [1.807, 2.05) is 0 Å². The van der Waals surface area contributed by atoms with Crippen LogP contribution in [0.2, 0.25) is 0 Å². The summed E-state index contributed by atoms with van der Waals surface area (Å²) in [5.74, 6) is 0.210. The molecule has 0 aliphatic heterocycles. The minimum Gasteiger partial charge on any atom is -0.462 e. The number of rotatable bonds is 83. The first-order valence-electron chi connectivity index (χ1n) is 43.8. The number of esters is 4. The van der Waals surface area contributed by atoms with E-state index < -0.39 is 97.5 Å². The van der Waals surface area contributed by atoms with Crippen molar-refractivity contribution >= 4 is 39.5 Å². The molecule has 0 saturated heterocycles. The predicted octanol–water partition coefficient (Wildman–Crippen LogP) is 25.7. The first-order valence-corrected chi connectivity index (χ1v) is 46.8. The molecular formula is C85H166O17P2. The van der Waals surface area contributed by atoms with Gasteiger partial charge in [-0.3, -0.25) is 37.3 Å². The Morgan fingerprint density at radius 2 is 0.442 bits per heavy atom. The summed E-state index contributed by atoms with van der Waals surface area (Å²) in [6.45, 7) is 12.0. The van der Waals surface area contributed by atoms with Crippen LogP contribution in [0.15, 0.2) is 0 Å². The fraction of sp³-hybridized carbons (Fsp3) is 0.953. The Morgan fingerprint density at radius 3 is 0.654 bits per heavy atom. The van der Waals surface area contributed by atoms with Crippen LogP contribution in [0.5, 0.6) is 0 Å². The first kappa shape index (κ1) is 102. The molecule has 0 spiro atoms. The maximum absolute atomic E-state index is 13.1. The van der Waals surface area contributed by atoms with Gasteiger partial charge >= 0.3 is 39.5 Å². The lowest BCUT2D eigenvalue weighted by Gasteiger charge is -2.21. The van der Waals surface area contributed by atoms with Crippen molar-refractivity contribution in [2.75, 3.05) is 39.6 Å². The standard InChI is InChI=1S/C85H166O17P2/c1-8-9-10-11-12-13-14-15-16-17-21-24-27-30-38-45-52-59-66-82(87)95-72-80(101-84(89)68-61-54-47-39-31-28-25-22-19-18-20-23-26-29-35-42-49-56-63-76(2)3)74-99-103(91,92)97-70-79(86)71-98-104(93,94)100-75-81(73-96-83(88)67-60-53-46-41-34-37-44-51-58-65-78(6)7)102-85(90)69-62-55-48-40-33-32-36-43-50-57-64-77(4)5/h76-81,86H,8-75H2,1-7H3,(H,91,92)(H,93,94)/t79-,80-,81-/m1/s1. The Morgan fingerprint density at radius 1 is 0.260 bits per heavy atom. The molecule has 0 saturated carbocycles. The molecule has 0 aliphatic rings. The molecule has 5 atom stereocenters. The topological polar surface area (TPSA) is 237 Å². The third kappa shape index (κ3) is 78.2. The van der Waals surface area contributed by atoms with Gasteiger partial charge < -0.3 is 33.8 Å². The molecule has 618 valence electrons. The Hall–Kier alpha value is -1.94. The lowest BCUT2D eigenvalue weighted by molar-refractivity contribution is -0.161. The first-order chi connectivity index (χ1) is 50.2. The molecule has 19 heteroatoms. The molecule has 2 unspecified atom stereocenters. The highest BCUT2D eigenvalue weighted by atomic mass is 31.2. The van der Waals surface area contributed by atoms with Crippen molar-refractivity contribution < 1.29 is 80.2 Å². The van der Waals surface area contributed by atoms with Gasteiger partial charge in [-0.25, -0.2) is 9.13 Å². The van der Waals surface area contributed by atoms with Crippen molar-refractivity contribution in [2.24, 2.45) is 17.8 Å². The molecule has 0 radical (unpaired) electrons. The van der Waals surface area contributed by atoms with Crippen LogP contribution >= 0.6 is 15.6 Å². The largest absolute Gasteiger partial charge is 0.472 e. The van der Waals surface area contributed by atoms with E-state index in [-0.39, 0.29) is 25.7 Å². The van der Waals surface area contributed by atoms with Crippen LogP contribution in [0.25, 0.3) is 0 Å². The van der Waals surface area contributed by atoms with Crippen LogP contribution in [0, 0.1) is 17.8 Å². The summed E-state index contributed by atoms with van der Waals surface area (Å²) in [6, 6.07) is 0. The highest BCUT2D eigenvalue weighted by Gasteiger charge is 2.30. The van der Waals surface area contributed by atoms with Crippen molar-refractivity contribution in [3.05, 3.63) is 0 Å². The molecule has 0 amide bonds. The summed E-state index contributed by atoms with van der Waals surface area (Å²) in [6.07, 6.45) is 65.3. The average molecular weight is 1520 g/mol. The number of aliphatic hydroxyl groups is 1. The number of carbonyl (C=O) groups is 4. The maximum atomic E-state index is 13.1. The van der Waals surface area contributed by atoms with Crippen LogP contribution < -0.4 is 0 Å². The van der Waals surface area contributed by atoms with E-state index in [0.717, 1.165) is 108 Å². The Balaban J connectivity index is 5.24. The fourth-order valence-corrected chi connectivity index (χ4v) is 14.8. The highest BCUT2D eigenvalue weighted by Crippen LogP contribution is 2.45. The van der Waals surface area contributed by atoms with E-state index in [0.29, 0.717) is 25.7 Å². The lowest BCUT2D eigenvalue weighted by atomic mass is 10.0. The second kappa shape index (κ2) is 75.1. The van der Waals surface area contributed by atoms with Gasteiger partial charge in [0.2, 0.25) is 0 Å². The molecule has 0 aromatic rings.